The van der Waals surface area contributed by atoms with Crippen molar-refractivity contribution in [1.29, 1.82) is 0 Å². The Labute approximate surface area is 137 Å². The van der Waals surface area contributed by atoms with Gasteiger partial charge in [0.1, 0.15) is 5.60 Å². The highest BCUT2D eigenvalue weighted by Gasteiger charge is 2.40. The Balaban J connectivity index is 1.88. The van der Waals surface area contributed by atoms with E-state index < -0.39 is 5.60 Å². The second kappa shape index (κ2) is 5.96. The molecule has 0 aliphatic carbocycles. The van der Waals surface area contributed by atoms with Crippen LogP contribution in [0.15, 0.2) is 24.5 Å². The molecule has 0 N–H and O–H groups in total. The predicted octanol–water partition coefficient (Wildman–Crippen LogP) is 3.18. The highest BCUT2D eigenvalue weighted by Crippen LogP contribution is 2.34. The molecule has 0 spiro atoms. The van der Waals surface area contributed by atoms with Crippen molar-refractivity contribution in [3.05, 3.63) is 35.7 Å². The highest BCUT2D eigenvalue weighted by atomic mass is 16.6. The molecule has 1 aromatic rings. The van der Waals surface area contributed by atoms with Crippen LogP contribution in [0.3, 0.4) is 0 Å². The van der Waals surface area contributed by atoms with Crippen LogP contribution in [0, 0.1) is 6.92 Å². The fourth-order valence-electron chi connectivity index (χ4n) is 3.20. The van der Waals surface area contributed by atoms with Crippen LogP contribution in [0.2, 0.25) is 0 Å². The van der Waals surface area contributed by atoms with E-state index in [4.69, 9.17) is 9.47 Å². The number of carbonyl (C=O) groups excluding carboxylic acids is 1. The number of aromatic nitrogens is 1. The van der Waals surface area contributed by atoms with Crippen molar-refractivity contribution in [2.75, 3.05) is 13.2 Å². The van der Waals surface area contributed by atoms with E-state index in [1.54, 1.807) is 6.20 Å². The predicted molar refractivity (Wildman–Crippen MR) is 88.0 cm³/mol. The van der Waals surface area contributed by atoms with Crippen molar-refractivity contribution in [3.63, 3.8) is 0 Å². The van der Waals surface area contributed by atoms with Gasteiger partial charge in [0.25, 0.3) is 0 Å². The lowest BCUT2D eigenvalue weighted by Crippen LogP contribution is -2.57. The van der Waals surface area contributed by atoms with Crippen molar-refractivity contribution < 1.29 is 14.3 Å². The molecule has 3 rings (SSSR count). The molecule has 5 heteroatoms. The molecule has 1 saturated heterocycles. The van der Waals surface area contributed by atoms with Gasteiger partial charge in [-0.15, -0.1) is 0 Å². The molecule has 0 aromatic carbocycles. The quantitative estimate of drug-likeness (QED) is 0.798. The van der Waals surface area contributed by atoms with Gasteiger partial charge in [-0.2, -0.15) is 0 Å². The highest BCUT2D eigenvalue weighted by molar-refractivity contribution is 5.75. The first-order valence-corrected chi connectivity index (χ1v) is 8.06. The fourth-order valence-corrected chi connectivity index (χ4v) is 3.20. The van der Waals surface area contributed by atoms with E-state index in [1.165, 1.54) is 11.1 Å². The third-order valence-corrected chi connectivity index (χ3v) is 4.19. The number of aryl methyl sites for hydroxylation is 1. The normalized spacial score (nSPS) is 24.2. The maximum absolute atomic E-state index is 12.5. The zero-order valence-corrected chi connectivity index (χ0v) is 14.2. The average Bonchev–Trinajstić information content (AvgIpc) is 2.44. The zero-order valence-electron chi connectivity index (χ0n) is 14.2. The molecule has 1 aromatic heterocycles. The lowest BCUT2D eigenvalue weighted by molar-refractivity contribution is -0.0510. The smallest absolute Gasteiger partial charge is 0.411 e. The van der Waals surface area contributed by atoms with Gasteiger partial charge in [0.2, 0.25) is 0 Å². The Morgan fingerprint density at radius 2 is 2.17 bits per heavy atom. The van der Waals surface area contributed by atoms with E-state index in [2.05, 4.69) is 18.0 Å². The van der Waals surface area contributed by atoms with Gasteiger partial charge in [-0.1, -0.05) is 6.08 Å². The minimum atomic E-state index is -0.490. The Morgan fingerprint density at radius 3 is 2.83 bits per heavy atom. The van der Waals surface area contributed by atoms with Gasteiger partial charge in [-0.3, -0.25) is 9.88 Å². The number of hydrogen-bond acceptors (Lipinski definition) is 4. The molecule has 2 unspecified atom stereocenters. The standard InChI is InChI=1S/C18H24N2O3/c1-12-5-6-19-9-16(12)13-7-14-10-22-11-15(8-13)20(14)17(21)23-18(2,3)4/h5-7,9,14-15H,8,10-11H2,1-4H3. The van der Waals surface area contributed by atoms with E-state index in [0.29, 0.717) is 13.2 Å². The molecular weight excluding hydrogens is 292 g/mol. The summed E-state index contributed by atoms with van der Waals surface area (Å²) in [5.41, 5.74) is 3.12. The van der Waals surface area contributed by atoms with Crippen molar-refractivity contribution in [2.24, 2.45) is 0 Å². The van der Waals surface area contributed by atoms with Crippen LogP contribution in [-0.2, 0) is 9.47 Å². The molecular formula is C18H24N2O3. The number of amides is 1. The second-order valence-electron chi connectivity index (χ2n) is 7.23. The molecule has 3 heterocycles. The van der Waals surface area contributed by atoms with Crippen LogP contribution < -0.4 is 0 Å². The van der Waals surface area contributed by atoms with Gasteiger partial charge in [0.05, 0.1) is 25.3 Å². The maximum atomic E-state index is 12.5. The summed E-state index contributed by atoms with van der Waals surface area (Å²) in [6.07, 6.45) is 6.35. The molecule has 2 bridgehead atoms. The van der Waals surface area contributed by atoms with Crippen LogP contribution in [0.25, 0.3) is 5.57 Å². The number of nitrogens with zero attached hydrogens (tertiary/aromatic N) is 2. The minimum Gasteiger partial charge on any atom is -0.444 e. The summed E-state index contributed by atoms with van der Waals surface area (Å²) >= 11 is 0. The van der Waals surface area contributed by atoms with E-state index >= 15 is 0 Å². The lowest BCUT2D eigenvalue weighted by atomic mass is 9.89. The number of morpholine rings is 1. The number of hydrogen-bond donors (Lipinski definition) is 0. The summed E-state index contributed by atoms with van der Waals surface area (Å²) in [5, 5.41) is 0. The van der Waals surface area contributed by atoms with Crippen molar-refractivity contribution >= 4 is 11.7 Å². The lowest BCUT2D eigenvalue weighted by Gasteiger charge is -2.44. The molecule has 5 nitrogen and oxygen atoms in total. The first kappa shape index (κ1) is 16.0. The van der Waals surface area contributed by atoms with Gasteiger partial charge < -0.3 is 9.47 Å². The van der Waals surface area contributed by atoms with Crippen LogP contribution in [0.4, 0.5) is 4.79 Å². The monoisotopic (exact) mass is 316 g/mol. The van der Waals surface area contributed by atoms with Crippen LogP contribution in [-0.4, -0.2) is 46.9 Å². The maximum Gasteiger partial charge on any atom is 0.411 e. The summed E-state index contributed by atoms with van der Waals surface area (Å²) in [6.45, 7) is 8.82. The first-order chi connectivity index (χ1) is 10.8. The summed E-state index contributed by atoms with van der Waals surface area (Å²) in [7, 11) is 0. The molecule has 1 fully saturated rings. The minimum absolute atomic E-state index is 0.0169. The van der Waals surface area contributed by atoms with Crippen molar-refractivity contribution in [2.45, 2.75) is 51.8 Å². The Hall–Kier alpha value is -1.88. The summed E-state index contributed by atoms with van der Waals surface area (Å²) in [4.78, 5) is 18.6. The van der Waals surface area contributed by atoms with E-state index in [1.807, 2.05) is 37.9 Å². The summed E-state index contributed by atoms with van der Waals surface area (Å²) in [5.74, 6) is 0. The Bertz CT molecular complexity index is 633. The van der Waals surface area contributed by atoms with Gasteiger partial charge in [0, 0.05) is 12.4 Å². The zero-order chi connectivity index (χ0) is 16.6. The topological polar surface area (TPSA) is 51.7 Å². The largest absolute Gasteiger partial charge is 0.444 e. The average molecular weight is 316 g/mol. The number of carbonyl (C=O) groups is 1. The van der Waals surface area contributed by atoms with Gasteiger partial charge >= 0.3 is 6.09 Å². The number of rotatable bonds is 1. The molecule has 23 heavy (non-hydrogen) atoms. The molecule has 0 saturated carbocycles. The fraction of sp³-hybridized carbons (Fsp3) is 0.556. The number of pyridine rings is 1. The van der Waals surface area contributed by atoms with Gasteiger partial charge in [-0.05, 0) is 56.9 Å². The number of fused-ring (bicyclic) bond motifs is 2. The van der Waals surface area contributed by atoms with E-state index in [0.717, 1.165) is 12.0 Å². The summed E-state index contributed by atoms with van der Waals surface area (Å²) in [6, 6.07) is 1.96. The second-order valence-corrected chi connectivity index (χ2v) is 7.23. The van der Waals surface area contributed by atoms with Crippen molar-refractivity contribution in [1.82, 2.24) is 9.88 Å². The SMILES string of the molecule is Cc1ccncc1C1=CC2COCC(C1)N2C(=O)OC(C)(C)C. The molecule has 1 amide bonds. The van der Waals surface area contributed by atoms with Gasteiger partial charge in [0.15, 0.2) is 0 Å². The van der Waals surface area contributed by atoms with Crippen molar-refractivity contribution in [3.8, 4) is 0 Å². The van der Waals surface area contributed by atoms with Gasteiger partial charge in [-0.25, -0.2) is 4.79 Å². The molecule has 0 radical (unpaired) electrons. The van der Waals surface area contributed by atoms with Crippen LogP contribution in [0.1, 0.15) is 38.3 Å². The summed E-state index contributed by atoms with van der Waals surface area (Å²) < 4.78 is 11.2. The third kappa shape index (κ3) is 3.39. The van der Waals surface area contributed by atoms with Crippen LogP contribution >= 0.6 is 0 Å². The molecule has 2 atom stereocenters. The number of ether oxygens (including phenoxy) is 2. The third-order valence-electron chi connectivity index (χ3n) is 4.19. The molecule has 2 aliphatic heterocycles. The van der Waals surface area contributed by atoms with E-state index in [9.17, 15) is 4.79 Å². The first-order valence-electron chi connectivity index (χ1n) is 8.06. The molecule has 2 aliphatic rings. The Kier molecular flexibility index (Phi) is 4.15. The van der Waals surface area contributed by atoms with E-state index in [-0.39, 0.29) is 18.2 Å². The van der Waals surface area contributed by atoms with Crippen LogP contribution in [0.5, 0.6) is 0 Å². The Morgan fingerprint density at radius 1 is 1.39 bits per heavy atom. The molecule has 124 valence electrons.